The van der Waals surface area contributed by atoms with E-state index in [2.05, 4.69) is 9.97 Å². The van der Waals surface area contributed by atoms with Crippen LogP contribution in [-0.4, -0.2) is 51.7 Å². The third-order valence-corrected chi connectivity index (χ3v) is 4.70. The molecule has 134 valence electrons. The number of benzene rings is 1. The topological polar surface area (TPSA) is 60.3 Å². The molecule has 0 N–H and O–H groups in total. The summed E-state index contributed by atoms with van der Waals surface area (Å²) in [7, 11) is 1.62. The Morgan fingerprint density at radius 1 is 1.19 bits per heavy atom. The number of ether oxygens (including phenoxy) is 1. The molecule has 0 radical (unpaired) electrons. The molecule has 0 saturated carbocycles. The standard InChI is InChI=1S/C19H19FN4O2/c1-26-16-4-2-15(3-5-16)24-12-22-17-10-13(11-21-18(17)24)19(25)23-8-6-14(20)7-9-23/h2-5,10-12,14H,6-9H2,1H3. The smallest absolute Gasteiger partial charge is 0.255 e. The van der Waals surface area contributed by atoms with E-state index in [1.807, 2.05) is 28.8 Å². The maximum atomic E-state index is 13.3. The Kier molecular flexibility index (Phi) is 4.28. The minimum Gasteiger partial charge on any atom is -0.497 e. The first kappa shape index (κ1) is 16.5. The van der Waals surface area contributed by atoms with Crippen molar-refractivity contribution >= 4 is 17.1 Å². The Morgan fingerprint density at radius 3 is 2.62 bits per heavy atom. The number of hydrogen-bond acceptors (Lipinski definition) is 4. The van der Waals surface area contributed by atoms with Crippen molar-refractivity contribution in [2.75, 3.05) is 20.2 Å². The molecule has 1 aromatic carbocycles. The van der Waals surface area contributed by atoms with Gasteiger partial charge in [-0.2, -0.15) is 0 Å². The van der Waals surface area contributed by atoms with Crippen molar-refractivity contribution in [2.45, 2.75) is 19.0 Å². The number of hydrogen-bond donors (Lipinski definition) is 0. The van der Waals surface area contributed by atoms with Crippen LogP contribution in [0.3, 0.4) is 0 Å². The van der Waals surface area contributed by atoms with E-state index >= 15 is 0 Å². The maximum Gasteiger partial charge on any atom is 0.255 e. The average Bonchev–Trinajstić information content (AvgIpc) is 3.11. The van der Waals surface area contributed by atoms with Gasteiger partial charge in [0.2, 0.25) is 0 Å². The van der Waals surface area contributed by atoms with E-state index in [0.29, 0.717) is 42.7 Å². The predicted octanol–water partition coefficient (Wildman–Crippen LogP) is 3.00. The summed E-state index contributed by atoms with van der Waals surface area (Å²) in [6.07, 6.45) is 3.23. The van der Waals surface area contributed by atoms with Crippen LogP contribution in [-0.2, 0) is 0 Å². The highest BCUT2D eigenvalue weighted by atomic mass is 19.1. The van der Waals surface area contributed by atoms with Gasteiger partial charge >= 0.3 is 0 Å². The van der Waals surface area contributed by atoms with Crippen LogP contribution in [0.2, 0.25) is 0 Å². The molecule has 0 unspecified atom stereocenters. The average molecular weight is 354 g/mol. The van der Waals surface area contributed by atoms with Gasteiger partial charge in [0.1, 0.15) is 23.8 Å². The summed E-state index contributed by atoms with van der Waals surface area (Å²) in [5.74, 6) is 0.654. The molecule has 0 spiro atoms. The molecule has 2 aromatic heterocycles. The normalized spacial score (nSPS) is 15.4. The highest BCUT2D eigenvalue weighted by Gasteiger charge is 2.24. The summed E-state index contributed by atoms with van der Waals surface area (Å²) in [6, 6.07) is 9.32. The molecule has 26 heavy (non-hydrogen) atoms. The van der Waals surface area contributed by atoms with Gasteiger partial charge in [-0.15, -0.1) is 0 Å². The summed E-state index contributed by atoms with van der Waals surface area (Å²) in [5, 5.41) is 0. The molecule has 7 heteroatoms. The minimum atomic E-state index is -0.806. The first-order chi connectivity index (χ1) is 12.7. The van der Waals surface area contributed by atoms with E-state index in [1.165, 1.54) is 0 Å². The van der Waals surface area contributed by atoms with Crippen LogP contribution in [0, 0.1) is 0 Å². The van der Waals surface area contributed by atoms with Gasteiger partial charge in [-0.1, -0.05) is 0 Å². The SMILES string of the molecule is COc1ccc(-n2cnc3cc(C(=O)N4CCC(F)CC4)cnc32)cc1. The number of methoxy groups -OCH3 is 1. The lowest BCUT2D eigenvalue weighted by molar-refractivity contribution is 0.0666. The number of halogens is 1. The van der Waals surface area contributed by atoms with Crippen molar-refractivity contribution in [1.29, 1.82) is 0 Å². The van der Waals surface area contributed by atoms with Crippen molar-refractivity contribution in [2.24, 2.45) is 0 Å². The third kappa shape index (κ3) is 3.00. The number of likely N-dealkylation sites (tertiary alicyclic amines) is 1. The van der Waals surface area contributed by atoms with E-state index in [4.69, 9.17) is 4.74 Å². The number of piperidine rings is 1. The molecule has 1 aliphatic heterocycles. The van der Waals surface area contributed by atoms with E-state index in [9.17, 15) is 9.18 Å². The van der Waals surface area contributed by atoms with Gasteiger partial charge in [0.05, 0.1) is 12.7 Å². The molecule has 0 atom stereocenters. The molecule has 1 saturated heterocycles. The lowest BCUT2D eigenvalue weighted by Crippen LogP contribution is -2.39. The van der Waals surface area contributed by atoms with Crippen molar-refractivity contribution in [1.82, 2.24) is 19.4 Å². The Balaban J connectivity index is 1.61. The summed E-state index contributed by atoms with van der Waals surface area (Å²) >= 11 is 0. The Hall–Kier alpha value is -2.96. The van der Waals surface area contributed by atoms with Crippen LogP contribution in [0.15, 0.2) is 42.9 Å². The van der Waals surface area contributed by atoms with Gasteiger partial charge in [-0.05, 0) is 43.2 Å². The Labute approximate surface area is 150 Å². The maximum absolute atomic E-state index is 13.3. The van der Waals surface area contributed by atoms with Crippen LogP contribution in [0.25, 0.3) is 16.9 Å². The minimum absolute atomic E-state index is 0.120. The zero-order valence-electron chi connectivity index (χ0n) is 14.4. The number of pyridine rings is 1. The van der Waals surface area contributed by atoms with Crippen LogP contribution in [0.5, 0.6) is 5.75 Å². The van der Waals surface area contributed by atoms with Gasteiger partial charge in [-0.25, -0.2) is 14.4 Å². The third-order valence-electron chi connectivity index (χ3n) is 4.70. The predicted molar refractivity (Wildman–Crippen MR) is 95.5 cm³/mol. The van der Waals surface area contributed by atoms with Crippen molar-refractivity contribution in [3.8, 4) is 11.4 Å². The molecule has 1 fully saturated rings. The van der Waals surface area contributed by atoms with Crippen LogP contribution < -0.4 is 4.74 Å². The van der Waals surface area contributed by atoms with Gasteiger partial charge in [0.25, 0.3) is 5.91 Å². The fourth-order valence-electron chi connectivity index (χ4n) is 3.18. The molecular formula is C19H19FN4O2. The van der Waals surface area contributed by atoms with Crippen molar-refractivity contribution < 1.29 is 13.9 Å². The second-order valence-electron chi connectivity index (χ2n) is 6.35. The lowest BCUT2D eigenvalue weighted by Gasteiger charge is -2.28. The van der Waals surface area contributed by atoms with Gasteiger partial charge < -0.3 is 9.64 Å². The van der Waals surface area contributed by atoms with Crippen LogP contribution >= 0.6 is 0 Å². The monoisotopic (exact) mass is 354 g/mol. The van der Waals surface area contributed by atoms with Crippen LogP contribution in [0.1, 0.15) is 23.2 Å². The Morgan fingerprint density at radius 2 is 1.92 bits per heavy atom. The number of nitrogens with zero attached hydrogens (tertiary/aromatic N) is 4. The summed E-state index contributed by atoms with van der Waals surface area (Å²) in [5.41, 5.74) is 2.71. The second kappa shape index (κ2) is 6.74. The molecule has 4 rings (SSSR count). The van der Waals surface area contributed by atoms with Crippen molar-refractivity contribution in [3.63, 3.8) is 0 Å². The number of amides is 1. The van der Waals surface area contributed by atoms with E-state index in [1.54, 1.807) is 30.6 Å². The molecule has 0 bridgehead atoms. The number of carbonyl (C=O) groups excluding carboxylic acids is 1. The summed E-state index contributed by atoms with van der Waals surface area (Å²) < 4.78 is 20.3. The number of alkyl halides is 1. The lowest BCUT2D eigenvalue weighted by atomic mass is 10.1. The number of imidazole rings is 1. The second-order valence-corrected chi connectivity index (χ2v) is 6.35. The highest BCUT2D eigenvalue weighted by Crippen LogP contribution is 2.21. The zero-order valence-corrected chi connectivity index (χ0v) is 14.4. The van der Waals surface area contributed by atoms with Gasteiger partial charge in [0.15, 0.2) is 5.65 Å². The molecule has 3 heterocycles. The zero-order chi connectivity index (χ0) is 18.1. The fourth-order valence-corrected chi connectivity index (χ4v) is 3.18. The first-order valence-electron chi connectivity index (χ1n) is 8.56. The summed E-state index contributed by atoms with van der Waals surface area (Å²) in [6.45, 7) is 0.886. The largest absolute Gasteiger partial charge is 0.497 e. The molecule has 6 nitrogen and oxygen atoms in total. The number of rotatable bonds is 3. The van der Waals surface area contributed by atoms with E-state index in [0.717, 1.165) is 11.4 Å². The summed E-state index contributed by atoms with van der Waals surface area (Å²) in [4.78, 5) is 23.1. The van der Waals surface area contributed by atoms with Crippen LogP contribution in [0.4, 0.5) is 4.39 Å². The molecule has 1 amide bonds. The quantitative estimate of drug-likeness (QED) is 0.725. The molecule has 0 aliphatic carbocycles. The Bertz CT molecular complexity index is 930. The number of carbonyl (C=O) groups is 1. The van der Waals surface area contributed by atoms with Crippen molar-refractivity contribution in [3.05, 3.63) is 48.4 Å². The molecule has 1 aliphatic rings. The van der Waals surface area contributed by atoms with E-state index in [-0.39, 0.29) is 5.91 Å². The van der Waals surface area contributed by atoms with Gasteiger partial charge in [-0.3, -0.25) is 9.36 Å². The molecule has 3 aromatic rings. The number of fused-ring (bicyclic) bond motifs is 1. The molecular weight excluding hydrogens is 335 g/mol. The highest BCUT2D eigenvalue weighted by molar-refractivity contribution is 5.96. The fraction of sp³-hybridized carbons (Fsp3) is 0.316. The van der Waals surface area contributed by atoms with E-state index < -0.39 is 6.17 Å². The number of aromatic nitrogens is 3. The first-order valence-corrected chi connectivity index (χ1v) is 8.56. The van der Waals surface area contributed by atoms with Gasteiger partial charge in [0, 0.05) is 25.0 Å².